The van der Waals surface area contributed by atoms with Gasteiger partial charge in [0.15, 0.2) is 5.65 Å². The standard InChI is InChI=1S/C14H17ClN4O/c1-8-6-19(7-9(2)17-8)10-3-11-12(15)4-13(20)18-14(11)16-5-10/h3-5,8-9,17H,6-7H2,1-2H3,(H,16,18,20)/t8-,9+. The summed E-state index contributed by atoms with van der Waals surface area (Å²) in [7, 11) is 0. The molecule has 1 aliphatic heterocycles. The van der Waals surface area contributed by atoms with Crippen molar-refractivity contribution in [2.75, 3.05) is 18.0 Å². The predicted molar refractivity (Wildman–Crippen MR) is 80.5 cm³/mol. The summed E-state index contributed by atoms with van der Waals surface area (Å²) >= 11 is 6.16. The van der Waals surface area contributed by atoms with Gasteiger partial charge in [0, 0.05) is 36.6 Å². The van der Waals surface area contributed by atoms with Gasteiger partial charge in [-0.05, 0) is 19.9 Å². The minimum absolute atomic E-state index is 0.104. The van der Waals surface area contributed by atoms with Crippen LogP contribution in [0, 0.1) is 0 Å². The number of rotatable bonds is 1. The second kappa shape index (κ2) is 5.07. The zero-order valence-corrected chi connectivity index (χ0v) is 12.2. The second-order valence-corrected chi connectivity index (χ2v) is 5.81. The van der Waals surface area contributed by atoms with E-state index in [1.165, 1.54) is 6.07 Å². The van der Waals surface area contributed by atoms with Crippen LogP contribution in [0.4, 0.5) is 5.69 Å². The molecular weight excluding hydrogens is 276 g/mol. The van der Waals surface area contributed by atoms with Crippen molar-refractivity contribution < 1.29 is 5.11 Å². The monoisotopic (exact) mass is 292 g/mol. The molecule has 0 radical (unpaired) electrons. The molecule has 20 heavy (non-hydrogen) atoms. The molecule has 0 amide bonds. The van der Waals surface area contributed by atoms with E-state index in [0.717, 1.165) is 24.2 Å². The minimum atomic E-state index is -0.104. The normalized spacial score (nSPS) is 23.2. The fourth-order valence-electron chi connectivity index (χ4n) is 2.75. The summed E-state index contributed by atoms with van der Waals surface area (Å²) in [5, 5.41) is 14.2. The Morgan fingerprint density at radius 3 is 2.70 bits per heavy atom. The van der Waals surface area contributed by atoms with Gasteiger partial charge in [-0.3, -0.25) is 0 Å². The van der Waals surface area contributed by atoms with Gasteiger partial charge >= 0.3 is 0 Å². The summed E-state index contributed by atoms with van der Waals surface area (Å²) in [6, 6.07) is 4.30. The Balaban J connectivity index is 2.00. The number of hydrogen-bond donors (Lipinski definition) is 2. The average Bonchev–Trinajstić information content (AvgIpc) is 2.37. The number of piperazine rings is 1. The third kappa shape index (κ3) is 2.51. The lowest BCUT2D eigenvalue weighted by molar-refractivity contribution is 0.407. The Kier molecular flexibility index (Phi) is 3.40. The van der Waals surface area contributed by atoms with Crippen LogP contribution in [-0.4, -0.2) is 40.2 Å². The Hall–Kier alpha value is -1.59. The predicted octanol–water partition coefficient (Wildman–Crippen LogP) is 2.18. The molecule has 2 N–H and O–H groups in total. The molecule has 1 saturated heterocycles. The maximum absolute atomic E-state index is 9.44. The average molecular weight is 293 g/mol. The highest BCUT2D eigenvalue weighted by Crippen LogP contribution is 2.28. The molecule has 6 heteroatoms. The lowest BCUT2D eigenvalue weighted by Crippen LogP contribution is -2.54. The van der Waals surface area contributed by atoms with Crippen LogP contribution in [0.1, 0.15) is 13.8 Å². The molecule has 0 spiro atoms. The number of halogens is 1. The number of pyridine rings is 2. The molecule has 2 aromatic rings. The van der Waals surface area contributed by atoms with Crippen molar-refractivity contribution in [1.82, 2.24) is 15.3 Å². The van der Waals surface area contributed by atoms with Gasteiger partial charge in [-0.2, -0.15) is 4.98 Å². The summed E-state index contributed by atoms with van der Waals surface area (Å²) in [5.74, 6) is -0.104. The van der Waals surface area contributed by atoms with Crippen LogP contribution < -0.4 is 10.2 Å². The fourth-order valence-corrected chi connectivity index (χ4v) is 2.99. The molecule has 0 bridgehead atoms. The lowest BCUT2D eigenvalue weighted by Gasteiger charge is -2.37. The third-order valence-corrected chi connectivity index (χ3v) is 3.82. The molecule has 3 heterocycles. The number of hydrogen-bond acceptors (Lipinski definition) is 5. The van der Waals surface area contributed by atoms with Crippen LogP contribution in [-0.2, 0) is 0 Å². The fraction of sp³-hybridized carbons (Fsp3) is 0.429. The highest BCUT2D eigenvalue weighted by Gasteiger charge is 2.21. The molecule has 2 atom stereocenters. The van der Waals surface area contributed by atoms with Crippen molar-refractivity contribution >= 4 is 28.3 Å². The van der Waals surface area contributed by atoms with E-state index in [4.69, 9.17) is 11.6 Å². The van der Waals surface area contributed by atoms with Gasteiger partial charge in [0.05, 0.1) is 16.9 Å². The highest BCUT2D eigenvalue weighted by molar-refractivity contribution is 6.35. The topological polar surface area (TPSA) is 61.3 Å². The van der Waals surface area contributed by atoms with Crippen molar-refractivity contribution in [1.29, 1.82) is 0 Å². The number of nitrogens with one attached hydrogen (secondary N) is 1. The van der Waals surface area contributed by atoms with E-state index in [1.54, 1.807) is 6.20 Å². The third-order valence-electron chi connectivity index (χ3n) is 3.51. The molecule has 1 fully saturated rings. The second-order valence-electron chi connectivity index (χ2n) is 5.40. The highest BCUT2D eigenvalue weighted by atomic mass is 35.5. The van der Waals surface area contributed by atoms with E-state index in [0.29, 0.717) is 22.8 Å². The van der Waals surface area contributed by atoms with E-state index >= 15 is 0 Å². The van der Waals surface area contributed by atoms with Crippen molar-refractivity contribution in [3.63, 3.8) is 0 Å². The Labute approximate surface area is 122 Å². The smallest absolute Gasteiger partial charge is 0.214 e. The van der Waals surface area contributed by atoms with Crippen LogP contribution in [0.5, 0.6) is 5.88 Å². The zero-order valence-electron chi connectivity index (χ0n) is 11.5. The first-order valence-electron chi connectivity index (χ1n) is 6.69. The molecule has 0 aliphatic carbocycles. The first-order valence-corrected chi connectivity index (χ1v) is 7.07. The van der Waals surface area contributed by atoms with Crippen molar-refractivity contribution in [3.05, 3.63) is 23.4 Å². The summed E-state index contributed by atoms with van der Waals surface area (Å²) in [6.45, 7) is 6.20. The maximum atomic E-state index is 9.44. The number of nitrogens with zero attached hydrogens (tertiary/aromatic N) is 3. The quantitative estimate of drug-likeness (QED) is 0.843. The molecule has 0 unspecified atom stereocenters. The summed E-state index contributed by atoms with van der Waals surface area (Å²) in [4.78, 5) is 10.6. The van der Waals surface area contributed by atoms with Gasteiger partial charge < -0.3 is 15.3 Å². The first-order chi connectivity index (χ1) is 9.52. The van der Waals surface area contributed by atoms with Crippen LogP contribution in [0.3, 0.4) is 0 Å². The van der Waals surface area contributed by atoms with Crippen molar-refractivity contribution in [3.8, 4) is 5.88 Å². The van der Waals surface area contributed by atoms with E-state index in [1.807, 2.05) is 6.07 Å². The SMILES string of the molecule is C[C@@H]1CN(c2cnc3nc(O)cc(Cl)c3c2)C[C@H](C)N1. The minimum Gasteiger partial charge on any atom is -0.493 e. The van der Waals surface area contributed by atoms with Gasteiger partial charge in [0.1, 0.15) is 0 Å². The summed E-state index contributed by atoms with van der Waals surface area (Å²) in [5.41, 5.74) is 1.50. The summed E-state index contributed by atoms with van der Waals surface area (Å²) in [6.07, 6.45) is 1.79. The van der Waals surface area contributed by atoms with Gasteiger partial charge in [-0.25, -0.2) is 4.98 Å². The Morgan fingerprint density at radius 2 is 2.00 bits per heavy atom. The largest absolute Gasteiger partial charge is 0.493 e. The van der Waals surface area contributed by atoms with Crippen molar-refractivity contribution in [2.24, 2.45) is 0 Å². The Morgan fingerprint density at radius 1 is 1.30 bits per heavy atom. The number of aromatic hydroxyl groups is 1. The van der Waals surface area contributed by atoms with Crippen LogP contribution in [0.15, 0.2) is 18.3 Å². The first kappa shape index (κ1) is 13.4. The molecule has 5 nitrogen and oxygen atoms in total. The molecule has 1 aliphatic rings. The van der Waals surface area contributed by atoms with Crippen molar-refractivity contribution in [2.45, 2.75) is 25.9 Å². The van der Waals surface area contributed by atoms with E-state index in [-0.39, 0.29) is 5.88 Å². The Bertz CT molecular complexity index is 638. The summed E-state index contributed by atoms with van der Waals surface area (Å²) < 4.78 is 0. The van der Waals surface area contributed by atoms with Crippen LogP contribution in [0.25, 0.3) is 11.0 Å². The van der Waals surface area contributed by atoms with Crippen LogP contribution in [0.2, 0.25) is 5.02 Å². The molecule has 106 valence electrons. The van der Waals surface area contributed by atoms with Gasteiger partial charge in [0.25, 0.3) is 0 Å². The molecular formula is C14H17ClN4O. The van der Waals surface area contributed by atoms with E-state index < -0.39 is 0 Å². The van der Waals surface area contributed by atoms with Gasteiger partial charge in [-0.1, -0.05) is 11.6 Å². The molecule has 3 rings (SSSR count). The maximum Gasteiger partial charge on any atom is 0.214 e. The van der Waals surface area contributed by atoms with E-state index in [9.17, 15) is 5.11 Å². The van der Waals surface area contributed by atoms with E-state index in [2.05, 4.69) is 34.0 Å². The molecule has 2 aromatic heterocycles. The molecule has 0 saturated carbocycles. The molecule has 0 aromatic carbocycles. The van der Waals surface area contributed by atoms with Crippen LogP contribution >= 0.6 is 11.6 Å². The van der Waals surface area contributed by atoms with Gasteiger partial charge in [0.2, 0.25) is 5.88 Å². The number of anilines is 1. The zero-order chi connectivity index (χ0) is 14.3. The van der Waals surface area contributed by atoms with Gasteiger partial charge in [-0.15, -0.1) is 0 Å². The lowest BCUT2D eigenvalue weighted by atomic mass is 10.1. The number of aromatic nitrogens is 2. The number of fused-ring (bicyclic) bond motifs is 1.